The van der Waals surface area contributed by atoms with Gasteiger partial charge in [-0.1, -0.05) is 42.3 Å². The second-order valence-electron chi connectivity index (χ2n) is 7.59. The number of carbonyl (C=O) groups is 3. The monoisotopic (exact) mass is 397 g/mol. The van der Waals surface area contributed by atoms with E-state index in [1.807, 2.05) is 19.9 Å². The molecule has 0 fully saturated rings. The molecule has 28 heavy (non-hydrogen) atoms. The number of ketones is 2. The Morgan fingerprint density at radius 2 is 1.82 bits per heavy atom. The van der Waals surface area contributed by atoms with Crippen LogP contribution >= 0.6 is 11.6 Å². The van der Waals surface area contributed by atoms with Crippen LogP contribution in [0.4, 0.5) is 0 Å². The van der Waals surface area contributed by atoms with Gasteiger partial charge in [0.05, 0.1) is 23.8 Å². The topological polar surface area (TPSA) is 76.4 Å². The molecule has 1 aromatic heterocycles. The van der Waals surface area contributed by atoms with E-state index in [9.17, 15) is 14.4 Å². The first-order valence-corrected chi connectivity index (χ1v) is 9.58. The average molecular weight is 398 g/mol. The van der Waals surface area contributed by atoms with E-state index in [-0.39, 0.29) is 17.7 Å². The summed E-state index contributed by atoms with van der Waals surface area (Å²) in [6.07, 6.45) is 3.58. The van der Waals surface area contributed by atoms with Crippen LogP contribution in [0.1, 0.15) is 42.8 Å². The van der Waals surface area contributed by atoms with Crippen molar-refractivity contribution in [3.63, 3.8) is 0 Å². The summed E-state index contributed by atoms with van der Waals surface area (Å²) >= 11 is 5.96. The fourth-order valence-corrected chi connectivity index (χ4v) is 4.67. The highest BCUT2D eigenvalue weighted by atomic mass is 35.5. The molecule has 1 amide bonds. The molecule has 0 radical (unpaired) electrons. The third-order valence-electron chi connectivity index (χ3n) is 5.72. The Bertz CT molecular complexity index is 1020. The van der Waals surface area contributed by atoms with Gasteiger partial charge < -0.3 is 9.73 Å². The predicted molar refractivity (Wildman–Crippen MR) is 105 cm³/mol. The smallest absolute Gasteiger partial charge is 0.233 e. The maximum absolute atomic E-state index is 13.2. The van der Waals surface area contributed by atoms with Gasteiger partial charge in [-0.15, -0.1) is 0 Å². The van der Waals surface area contributed by atoms with Crippen LogP contribution in [0.25, 0.3) is 11.1 Å². The summed E-state index contributed by atoms with van der Waals surface area (Å²) in [5.41, 5.74) is 2.58. The largest absolute Gasteiger partial charge is 0.468 e. The van der Waals surface area contributed by atoms with Crippen molar-refractivity contribution in [2.75, 3.05) is 0 Å². The van der Waals surface area contributed by atoms with Crippen LogP contribution in [0.15, 0.2) is 46.6 Å². The minimum absolute atomic E-state index is 0.00461. The Morgan fingerprint density at radius 3 is 2.46 bits per heavy atom. The fourth-order valence-electron chi connectivity index (χ4n) is 4.55. The van der Waals surface area contributed by atoms with Crippen molar-refractivity contribution in [3.8, 4) is 11.1 Å². The molecule has 1 heterocycles. The van der Waals surface area contributed by atoms with Gasteiger partial charge in [-0.05, 0) is 30.5 Å². The Kier molecular flexibility index (Phi) is 4.50. The van der Waals surface area contributed by atoms with E-state index >= 15 is 0 Å². The lowest BCUT2D eigenvalue weighted by atomic mass is 9.63. The minimum Gasteiger partial charge on any atom is -0.468 e. The lowest BCUT2D eigenvalue weighted by Gasteiger charge is -2.41. The molecule has 2 aliphatic carbocycles. The van der Waals surface area contributed by atoms with E-state index in [0.717, 1.165) is 11.1 Å². The molecule has 1 N–H and O–H groups in total. The van der Waals surface area contributed by atoms with Crippen molar-refractivity contribution in [2.45, 2.75) is 32.7 Å². The number of hydrogen-bond donors (Lipinski definition) is 1. The number of Topliss-reactive ketones (excluding diaryl/α,β-unsaturated/α-hetero) is 2. The molecule has 2 aromatic rings. The second-order valence-corrected chi connectivity index (χ2v) is 8.02. The number of halogens is 1. The molecule has 4 rings (SSSR count). The van der Waals surface area contributed by atoms with Crippen LogP contribution < -0.4 is 5.32 Å². The number of carbonyl (C=O) groups excluding carboxylic acids is 3. The molecule has 6 heteroatoms. The molecule has 144 valence electrons. The van der Waals surface area contributed by atoms with Crippen LogP contribution in [-0.4, -0.2) is 23.5 Å². The molecule has 4 unspecified atom stereocenters. The quantitative estimate of drug-likeness (QED) is 0.609. The lowest BCUT2D eigenvalue weighted by Crippen LogP contribution is -2.52. The molecule has 2 aliphatic rings. The number of rotatable bonds is 2. The summed E-state index contributed by atoms with van der Waals surface area (Å²) in [6, 6.07) is 6.55. The molecule has 0 spiro atoms. The minimum atomic E-state index is -0.659. The molecular formula is C22H20ClNO4. The third kappa shape index (κ3) is 2.81. The number of benzene rings is 1. The summed E-state index contributed by atoms with van der Waals surface area (Å²) in [4.78, 5) is 37.9. The summed E-state index contributed by atoms with van der Waals surface area (Å²) in [5, 5.41) is 3.43. The molecule has 4 atom stereocenters. The van der Waals surface area contributed by atoms with Crippen molar-refractivity contribution in [3.05, 3.63) is 58.5 Å². The van der Waals surface area contributed by atoms with Crippen molar-refractivity contribution in [2.24, 2.45) is 11.8 Å². The third-order valence-corrected chi connectivity index (χ3v) is 5.97. The molecule has 5 nitrogen and oxygen atoms in total. The van der Waals surface area contributed by atoms with Crippen LogP contribution in [-0.2, 0) is 9.59 Å². The van der Waals surface area contributed by atoms with E-state index in [0.29, 0.717) is 21.9 Å². The van der Waals surface area contributed by atoms with Crippen molar-refractivity contribution >= 4 is 29.1 Å². The molecule has 0 saturated heterocycles. The van der Waals surface area contributed by atoms with E-state index in [1.165, 1.54) is 13.2 Å². The van der Waals surface area contributed by atoms with Gasteiger partial charge in [0.15, 0.2) is 0 Å². The Balaban J connectivity index is 1.86. The standard InChI is InChI=1S/C22H20ClNO4/c1-10-8-11(2)19(24-12(3)25)18-16(10)22-17(20(26)21(18)27)15(9-28-22)13-4-6-14(23)7-5-13/h4-10,16,18-19H,1-3H3,(H,24,25). The average Bonchev–Trinajstić information content (AvgIpc) is 3.07. The van der Waals surface area contributed by atoms with Crippen LogP contribution in [0.5, 0.6) is 0 Å². The highest BCUT2D eigenvalue weighted by Gasteiger charge is 2.52. The Hall–Kier alpha value is -2.66. The van der Waals surface area contributed by atoms with Gasteiger partial charge in [0, 0.05) is 23.4 Å². The van der Waals surface area contributed by atoms with Crippen LogP contribution in [0.2, 0.25) is 5.02 Å². The molecule has 0 bridgehead atoms. The zero-order valence-corrected chi connectivity index (χ0v) is 16.5. The fraction of sp³-hybridized carbons (Fsp3) is 0.318. The number of furan rings is 1. The van der Waals surface area contributed by atoms with E-state index < -0.39 is 23.5 Å². The normalized spacial score (nSPS) is 26.4. The predicted octanol–water partition coefficient (Wildman–Crippen LogP) is 4.17. The lowest BCUT2D eigenvalue weighted by molar-refractivity contribution is -0.123. The van der Waals surface area contributed by atoms with E-state index in [1.54, 1.807) is 24.3 Å². The SMILES string of the molecule is CC(=O)NC1C(C)=CC(C)C2c3occ(-c4ccc(Cl)cc4)c3C(=O)C(=O)C12. The van der Waals surface area contributed by atoms with Gasteiger partial charge in [0.2, 0.25) is 17.5 Å². The maximum Gasteiger partial charge on any atom is 0.233 e. The maximum atomic E-state index is 13.2. The Labute approximate surface area is 167 Å². The van der Waals surface area contributed by atoms with E-state index in [2.05, 4.69) is 5.32 Å². The van der Waals surface area contributed by atoms with Crippen LogP contribution in [0, 0.1) is 11.8 Å². The van der Waals surface area contributed by atoms with Gasteiger partial charge in [-0.25, -0.2) is 0 Å². The summed E-state index contributed by atoms with van der Waals surface area (Å²) in [5.74, 6) is -1.73. The number of nitrogens with one attached hydrogen (secondary N) is 1. The van der Waals surface area contributed by atoms with Gasteiger partial charge >= 0.3 is 0 Å². The number of allylic oxidation sites excluding steroid dienone is 1. The van der Waals surface area contributed by atoms with Gasteiger partial charge in [0.25, 0.3) is 0 Å². The summed E-state index contributed by atoms with van der Waals surface area (Å²) in [6.45, 7) is 5.29. The molecular weight excluding hydrogens is 378 g/mol. The number of fused-ring (bicyclic) bond motifs is 3. The van der Waals surface area contributed by atoms with Gasteiger partial charge in [-0.3, -0.25) is 14.4 Å². The highest BCUT2D eigenvalue weighted by Crippen LogP contribution is 2.48. The van der Waals surface area contributed by atoms with Gasteiger partial charge in [0.1, 0.15) is 5.76 Å². The summed E-state index contributed by atoms with van der Waals surface area (Å²) in [7, 11) is 0. The zero-order chi connectivity index (χ0) is 20.2. The van der Waals surface area contributed by atoms with Gasteiger partial charge in [-0.2, -0.15) is 0 Å². The van der Waals surface area contributed by atoms with Crippen molar-refractivity contribution < 1.29 is 18.8 Å². The van der Waals surface area contributed by atoms with Crippen LogP contribution in [0.3, 0.4) is 0 Å². The molecule has 1 aromatic carbocycles. The first-order valence-electron chi connectivity index (χ1n) is 9.21. The number of amides is 1. The van der Waals surface area contributed by atoms with Crippen molar-refractivity contribution in [1.82, 2.24) is 5.32 Å². The Morgan fingerprint density at radius 1 is 1.14 bits per heavy atom. The van der Waals surface area contributed by atoms with E-state index in [4.69, 9.17) is 16.0 Å². The molecule has 0 saturated carbocycles. The first-order chi connectivity index (χ1) is 13.3. The van der Waals surface area contributed by atoms with Crippen molar-refractivity contribution in [1.29, 1.82) is 0 Å². The first kappa shape index (κ1) is 18.7. The summed E-state index contributed by atoms with van der Waals surface area (Å²) < 4.78 is 5.87. The highest BCUT2D eigenvalue weighted by molar-refractivity contribution is 6.47. The zero-order valence-electron chi connectivity index (χ0n) is 15.8. The second kappa shape index (κ2) is 6.74. The number of hydrogen-bond acceptors (Lipinski definition) is 4. The molecule has 0 aliphatic heterocycles.